The molecular formula is C15H18N2O2. The molecule has 3 aliphatic rings. The van der Waals surface area contributed by atoms with E-state index >= 15 is 0 Å². The third kappa shape index (κ3) is 2.11. The summed E-state index contributed by atoms with van der Waals surface area (Å²) >= 11 is 0. The van der Waals surface area contributed by atoms with E-state index in [2.05, 4.69) is 16.1 Å². The maximum absolute atomic E-state index is 11.6. The van der Waals surface area contributed by atoms with Gasteiger partial charge in [0.15, 0.2) is 0 Å². The van der Waals surface area contributed by atoms with Crippen molar-refractivity contribution in [3.8, 4) is 0 Å². The molecule has 4 rings (SSSR count). The molecule has 0 unspecified atom stereocenters. The van der Waals surface area contributed by atoms with E-state index in [1.54, 1.807) is 6.20 Å². The zero-order chi connectivity index (χ0) is 13.4. The average molecular weight is 258 g/mol. The summed E-state index contributed by atoms with van der Waals surface area (Å²) in [6, 6.07) is 2.00. The third-order valence-corrected chi connectivity index (χ3v) is 4.10. The first kappa shape index (κ1) is 12.2. The van der Waals surface area contributed by atoms with Gasteiger partial charge in [0.1, 0.15) is 0 Å². The van der Waals surface area contributed by atoms with E-state index in [0.717, 1.165) is 24.3 Å². The number of hydrogen-bond donors (Lipinski definition) is 0. The van der Waals surface area contributed by atoms with Crippen LogP contribution in [0.4, 0.5) is 0 Å². The molecule has 0 radical (unpaired) electrons. The first-order chi connectivity index (χ1) is 9.19. The Morgan fingerprint density at radius 3 is 2.68 bits per heavy atom. The molecule has 0 spiro atoms. The van der Waals surface area contributed by atoms with Gasteiger partial charge in [0.2, 0.25) is 0 Å². The lowest BCUT2D eigenvalue weighted by Gasteiger charge is -2.39. The number of carbonyl (C=O) groups is 1. The zero-order valence-electron chi connectivity index (χ0n) is 11.3. The second-order valence-electron chi connectivity index (χ2n) is 5.27. The van der Waals surface area contributed by atoms with Gasteiger partial charge in [-0.1, -0.05) is 0 Å². The summed E-state index contributed by atoms with van der Waals surface area (Å²) in [5, 5.41) is 0. The third-order valence-electron chi connectivity index (χ3n) is 4.10. The number of pyridine rings is 1. The van der Waals surface area contributed by atoms with Crippen molar-refractivity contribution in [2.45, 2.75) is 19.8 Å². The molecule has 1 fully saturated rings. The van der Waals surface area contributed by atoms with Crippen LogP contribution in [-0.4, -0.2) is 36.1 Å². The van der Waals surface area contributed by atoms with Crippen molar-refractivity contribution in [1.29, 1.82) is 0 Å². The molecule has 2 bridgehead atoms. The maximum atomic E-state index is 11.6. The van der Waals surface area contributed by atoms with Gasteiger partial charge in [-0.15, -0.1) is 0 Å². The van der Waals surface area contributed by atoms with Gasteiger partial charge in [-0.3, -0.25) is 4.98 Å². The van der Waals surface area contributed by atoms with Crippen molar-refractivity contribution in [2.75, 3.05) is 20.2 Å². The van der Waals surface area contributed by atoms with Crippen LogP contribution in [0.2, 0.25) is 0 Å². The van der Waals surface area contributed by atoms with Gasteiger partial charge in [0.05, 0.1) is 18.4 Å². The van der Waals surface area contributed by atoms with Crippen LogP contribution < -0.4 is 0 Å². The topological polar surface area (TPSA) is 42.4 Å². The number of methoxy groups -OCH3 is 1. The molecule has 4 nitrogen and oxygen atoms in total. The van der Waals surface area contributed by atoms with Gasteiger partial charge in [0.25, 0.3) is 0 Å². The number of carbonyl (C=O) groups excluding carboxylic acids is 1. The summed E-state index contributed by atoms with van der Waals surface area (Å²) in [7, 11) is 1.39. The van der Waals surface area contributed by atoms with Crippen molar-refractivity contribution in [2.24, 2.45) is 5.92 Å². The molecular weight excluding hydrogens is 240 g/mol. The minimum Gasteiger partial charge on any atom is -0.465 e. The molecule has 100 valence electrons. The van der Waals surface area contributed by atoms with E-state index in [4.69, 9.17) is 4.74 Å². The molecule has 3 aliphatic heterocycles. The highest BCUT2D eigenvalue weighted by Gasteiger charge is 2.28. The van der Waals surface area contributed by atoms with Crippen LogP contribution in [0.3, 0.4) is 0 Å². The molecule has 0 aliphatic carbocycles. The minimum absolute atomic E-state index is 0.320. The molecule has 1 saturated heterocycles. The smallest absolute Gasteiger partial charge is 0.339 e. The number of fused-ring (bicyclic) bond motifs is 2. The van der Waals surface area contributed by atoms with E-state index in [1.807, 2.05) is 13.0 Å². The second-order valence-corrected chi connectivity index (χ2v) is 5.27. The Balaban J connectivity index is 1.95. The molecule has 1 aromatic heterocycles. The number of esters is 1. The van der Waals surface area contributed by atoms with Crippen LogP contribution in [0.1, 0.15) is 34.5 Å². The van der Waals surface area contributed by atoms with Crippen molar-refractivity contribution < 1.29 is 9.53 Å². The summed E-state index contributed by atoms with van der Waals surface area (Å²) in [6.45, 7) is 4.25. The number of rotatable bonds is 2. The molecule has 0 amide bonds. The Bertz CT molecular complexity index is 543. The molecule has 4 heteroatoms. The van der Waals surface area contributed by atoms with Gasteiger partial charge < -0.3 is 9.64 Å². The number of aromatic nitrogens is 1. The molecule has 0 saturated carbocycles. The van der Waals surface area contributed by atoms with Gasteiger partial charge >= 0.3 is 5.97 Å². The first-order valence-corrected chi connectivity index (χ1v) is 6.70. The maximum Gasteiger partial charge on any atom is 0.339 e. The molecule has 0 N–H and O–H groups in total. The highest BCUT2D eigenvalue weighted by atomic mass is 16.5. The lowest BCUT2D eigenvalue weighted by atomic mass is 9.84. The summed E-state index contributed by atoms with van der Waals surface area (Å²) < 4.78 is 4.75. The van der Waals surface area contributed by atoms with Gasteiger partial charge in [0, 0.05) is 25.5 Å². The SMILES string of the molecule is COC(=O)c1cnc(C2=CN3CCC2CC3)cc1C. The Kier molecular flexibility index (Phi) is 3.01. The van der Waals surface area contributed by atoms with Crippen LogP contribution in [0.25, 0.3) is 5.57 Å². The van der Waals surface area contributed by atoms with E-state index in [-0.39, 0.29) is 5.97 Å². The normalized spacial score (nSPS) is 18.4. The highest BCUT2D eigenvalue weighted by Crippen LogP contribution is 2.36. The second kappa shape index (κ2) is 4.68. The zero-order valence-corrected chi connectivity index (χ0v) is 11.3. The van der Waals surface area contributed by atoms with Crippen molar-refractivity contribution in [3.05, 3.63) is 35.3 Å². The number of hydrogen-bond acceptors (Lipinski definition) is 4. The van der Waals surface area contributed by atoms with Gasteiger partial charge in [-0.05, 0) is 42.9 Å². The van der Waals surface area contributed by atoms with E-state index in [1.165, 1.54) is 25.5 Å². The molecule has 1 aromatic rings. The van der Waals surface area contributed by atoms with E-state index in [0.29, 0.717) is 11.5 Å². The number of aryl methyl sites for hydroxylation is 1. The van der Waals surface area contributed by atoms with Crippen LogP contribution in [0.15, 0.2) is 18.5 Å². The largest absolute Gasteiger partial charge is 0.465 e. The summed E-state index contributed by atoms with van der Waals surface area (Å²) in [6.07, 6.45) is 6.29. The Hall–Kier alpha value is -1.84. The van der Waals surface area contributed by atoms with E-state index in [9.17, 15) is 4.79 Å². The molecule has 0 aromatic carbocycles. The fourth-order valence-electron chi connectivity index (χ4n) is 2.95. The predicted octanol–water partition coefficient (Wildman–Crippen LogP) is 2.24. The van der Waals surface area contributed by atoms with Crippen LogP contribution in [0, 0.1) is 12.8 Å². The lowest BCUT2D eigenvalue weighted by molar-refractivity contribution is 0.0599. The van der Waals surface area contributed by atoms with Crippen molar-refractivity contribution in [1.82, 2.24) is 9.88 Å². The minimum atomic E-state index is -0.320. The first-order valence-electron chi connectivity index (χ1n) is 6.70. The van der Waals surface area contributed by atoms with Crippen molar-refractivity contribution >= 4 is 11.5 Å². The fourth-order valence-corrected chi connectivity index (χ4v) is 2.95. The number of ether oxygens (including phenoxy) is 1. The van der Waals surface area contributed by atoms with Crippen LogP contribution in [0.5, 0.6) is 0 Å². The number of allylic oxidation sites excluding steroid dienone is 1. The monoisotopic (exact) mass is 258 g/mol. The van der Waals surface area contributed by atoms with Crippen LogP contribution >= 0.6 is 0 Å². The summed E-state index contributed by atoms with van der Waals surface area (Å²) in [5.41, 5.74) is 3.79. The van der Waals surface area contributed by atoms with E-state index < -0.39 is 0 Å². The fraction of sp³-hybridized carbons (Fsp3) is 0.467. The molecule has 19 heavy (non-hydrogen) atoms. The summed E-state index contributed by atoms with van der Waals surface area (Å²) in [4.78, 5) is 18.4. The molecule has 4 heterocycles. The van der Waals surface area contributed by atoms with Gasteiger partial charge in [-0.25, -0.2) is 4.79 Å². The summed E-state index contributed by atoms with van der Waals surface area (Å²) in [5.74, 6) is 0.306. The predicted molar refractivity (Wildman–Crippen MR) is 72.6 cm³/mol. The Morgan fingerprint density at radius 1 is 1.42 bits per heavy atom. The number of nitrogens with zero attached hydrogens (tertiary/aromatic N) is 2. The van der Waals surface area contributed by atoms with Crippen LogP contribution in [-0.2, 0) is 4.74 Å². The number of piperidine rings is 1. The Morgan fingerprint density at radius 2 is 2.16 bits per heavy atom. The lowest BCUT2D eigenvalue weighted by Crippen LogP contribution is -2.35. The Labute approximate surface area is 113 Å². The standard InChI is InChI=1S/C15H18N2O2/c1-10-7-14(16-8-12(10)15(18)19-2)13-9-17-5-3-11(13)4-6-17/h7-9,11H,3-6H2,1-2H3. The molecule has 0 atom stereocenters. The van der Waals surface area contributed by atoms with Crippen molar-refractivity contribution in [3.63, 3.8) is 0 Å². The van der Waals surface area contributed by atoms with Gasteiger partial charge in [-0.2, -0.15) is 0 Å². The quantitative estimate of drug-likeness (QED) is 0.763. The average Bonchev–Trinajstić information content (AvgIpc) is 2.47. The highest BCUT2D eigenvalue weighted by molar-refractivity contribution is 5.90.